The van der Waals surface area contributed by atoms with Gasteiger partial charge < -0.3 is 19.3 Å². The van der Waals surface area contributed by atoms with Crippen LogP contribution in [0.1, 0.15) is 31.1 Å². The lowest BCUT2D eigenvalue weighted by atomic mass is 9.92. The Labute approximate surface area is 185 Å². The van der Waals surface area contributed by atoms with Gasteiger partial charge in [0.2, 0.25) is 5.60 Å². The predicted octanol–water partition coefficient (Wildman–Crippen LogP) is 4.98. The van der Waals surface area contributed by atoms with Gasteiger partial charge in [0, 0.05) is 6.07 Å². The number of halogens is 2. The number of benzene rings is 3. The third kappa shape index (κ3) is 5.42. The summed E-state index contributed by atoms with van der Waals surface area (Å²) in [6.07, 6.45) is -1.46. The van der Waals surface area contributed by atoms with Crippen LogP contribution >= 0.6 is 0 Å². The van der Waals surface area contributed by atoms with Crippen LogP contribution < -0.4 is 9.47 Å². The molecule has 2 atom stereocenters. The Morgan fingerprint density at radius 2 is 1.62 bits per heavy atom. The predicted molar refractivity (Wildman–Crippen MR) is 114 cm³/mol. The van der Waals surface area contributed by atoms with E-state index in [-0.39, 0.29) is 12.4 Å². The molecule has 0 spiro atoms. The Morgan fingerprint density at radius 3 is 2.25 bits per heavy atom. The number of aliphatic hydroxyl groups excluding tert-OH is 1. The summed E-state index contributed by atoms with van der Waals surface area (Å²) in [4.78, 5) is 12.7. The number of rotatable bonds is 9. The van der Waals surface area contributed by atoms with Gasteiger partial charge in [-0.15, -0.1) is 0 Å². The first-order valence-corrected chi connectivity index (χ1v) is 10.1. The highest BCUT2D eigenvalue weighted by atomic mass is 19.2. The zero-order chi connectivity index (χ0) is 23.1. The highest BCUT2D eigenvalue weighted by Gasteiger charge is 2.46. The number of hydrogen-bond acceptors (Lipinski definition) is 5. The maximum absolute atomic E-state index is 13.6. The van der Waals surface area contributed by atoms with Crippen LogP contribution in [0, 0.1) is 11.6 Å². The van der Waals surface area contributed by atoms with Crippen molar-refractivity contribution in [2.24, 2.45) is 0 Å². The van der Waals surface area contributed by atoms with Crippen molar-refractivity contribution in [1.29, 1.82) is 0 Å². The number of esters is 1. The Bertz CT molecular complexity index is 1040. The normalized spacial score (nSPS) is 13.7. The standard InChI is InChI=1S/C25H24F2O5/c1-3-30-24(29)25(2,32-20-13-14-21(26)22(27)15-20)23(28)18-9-11-19(12-10-18)31-16-17-7-5-4-6-8-17/h4-15,23,28H,3,16H2,1-2H3. The van der Waals surface area contributed by atoms with Crippen molar-refractivity contribution in [2.75, 3.05) is 6.61 Å². The quantitative estimate of drug-likeness (QED) is 0.474. The molecule has 2 unspecified atom stereocenters. The zero-order valence-electron chi connectivity index (χ0n) is 17.8. The average Bonchev–Trinajstić information content (AvgIpc) is 2.80. The molecule has 0 aliphatic rings. The number of carbonyl (C=O) groups is 1. The second-order valence-corrected chi connectivity index (χ2v) is 7.25. The fourth-order valence-electron chi connectivity index (χ4n) is 3.07. The van der Waals surface area contributed by atoms with E-state index in [1.807, 2.05) is 30.3 Å². The molecule has 0 bridgehead atoms. The summed E-state index contributed by atoms with van der Waals surface area (Å²) in [5.74, 6) is -2.59. The van der Waals surface area contributed by atoms with Gasteiger partial charge in [0.1, 0.15) is 24.2 Å². The maximum atomic E-state index is 13.6. The smallest absolute Gasteiger partial charge is 0.353 e. The lowest BCUT2D eigenvalue weighted by Gasteiger charge is -2.33. The largest absolute Gasteiger partial charge is 0.489 e. The lowest BCUT2D eigenvalue weighted by Crippen LogP contribution is -2.48. The van der Waals surface area contributed by atoms with Crippen LogP contribution in [0.5, 0.6) is 11.5 Å². The van der Waals surface area contributed by atoms with Crippen molar-refractivity contribution in [2.45, 2.75) is 32.2 Å². The molecule has 0 heterocycles. The summed E-state index contributed by atoms with van der Waals surface area (Å²) in [5.41, 5.74) is -0.547. The van der Waals surface area contributed by atoms with Crippen molar-refractivity contribution in [3.05, 3.63) is 95.6 Å². The molecule has 0 saturated carbocycles. The van der Waals surface area contributed by atoms with Gasteiger partial charge in [0.15, 0.2) is 11.6 Å². The molecule has 3 rings (SSSR count). The van der Waals surface area contributed by atoms with E-state index in [0.29, 0.717) is 17.9 Å². The molecule has 168 valence electrons. The minimum atomic E-state index is -1.91. The summed E-state index contributed by atoms with van der Waals surface area (Å²) in [6, 6.07) is 19.0. The van der Waals surface area contributed by atoms with Crippen LogP contribution in [-0.2, 0) is 16.1 Å². The molecular weight excluding hydrogens is 418 g/mol. The topological polar surface area (TPSA) is 65.0 Å². The molecule has 0 radical (unpaired) electrons. The molecule has 3 aromatic rings. The summed E-state index contributed by atoms with van der Waals surface area (Å²) in [5, 5.41) is 11.0. The molecule has 5 nitrogen and oxygen atoms in total. The van der Waals surface area contributed by atoms with E-state index in [9.17, 15) is 18.7 Å². The van der Waals surface area contributed by atoms with Crippen molar-refractivity contribution >= 4 is 5.97 Å². The third-order valence-electron chi connectivity index (χ3n) is 4.87. The van der Waals surface area contributed by atoms with Crippen LogP contribution in [0.2, 0.25) is 0 Å². The maximum Gasteiger partial charge on any atom is 0.353 e. The summed E-state index contributed by atoms with van der Waals surface area (Å²) < 4.78 is 43.3. The fraction of sp³-hybridized carbons (Fsp3) is 0.240. The van der Waals surface area contributed by atoms with Gasteiger partial charge in [0.25, 0.3) is 0 Å². The number of carbonyl (C=O) groups excluding carboxylic acids is 1. The van der Waals surface area contributed by atoms with Gasteiger partial charge in [-0.05, 0) is 49.2 Å². The Morgan fingerprint density at radius 1 is 0.969 bits per heavy atom. The summed E-state index contributed by atoms with van der Waals surface area (Å²) in [7, 11) is 0. The average molecular weight is 442 g/mol. The van der Waals surface area contributed by atoms with Crippen molar-refractivity contribution < 1.29 is 32.9 Å². The van der Waals surface area contributed by atoms with Crippen LogP contribution in [0.4, 0.5) is 8.78 Å². The molecule has 7 heteroatoms. The van der Waals surface area contributed by atoms with E-state index < -0.39 is 29.3 Å². The van der Waals surface area contributed by atoms with Crippen molar-refractivity contribution in [3.8, 4) is 11.5 Å². The van der Waals surface area contributed by atoms with E-state index in [1.165, 1.54) is 13.0 Å². The Hall–Kier alpha value is -3.45. The third-order valence-corrected chi connectivity index (χ3v) is 4.87. The molecule has 3 aromatic carbocycles. The molecule has 0 aliphatic carbocycles. The van der Waals surface area contributed by atoms with Crippen LogP contribution in [0.25, 0.3) is 0 Å². The van der Waals surface area contributed by atoms with Gasteiger partial charge in [-0.1, -0.05) is 42.5 Å². The number of hydrogen-bond donors (Lipinski definition) is 1. The summed E-state index contributed by atoms with van der Waals surface area (Å²) in [6.45, 7) is 3.37. The highest BCUT2D eigenvalue weighted by Crippen LogP contribution is 2.33. The van der Waals surface area contributed by atoms with E-state index in [1.54, 1.807) is 31.2 Å². The molecule has 0 saturated heterocycles. The molecule has 0 aromatic heterocycles. The van der Waals surface area contributed by atoms with E-state index in [2.05, 4.69) is 0 Å². The second-order valence-electron chi connectivity index (χ2n) is 7.25. The molecule has 1 N–H and O–H groups in total. The lowest BCUT2D eigenvalue weighted by molar-refractivity contribution is -0.171. The second kappa shape index (κ2) is 10.2. The minimum Gasteiger partial charge on any atom is -0.489 e. The van der Waals surface area contributed by atoms with Crippen LogP contribution in [0.15, 0.2) is 72.8 Å². The van der Waals surface area contributed by atoms with Gasteiger partial charge in [0.05, 0.1) is 6.61 Å². The van der Waals surface area contributed by atoms with Crippen molar-refractivity contribution in [1.82, 2.24) is 0 Å². The fourth-order valence-corrected chi connectivity index (χ4v) is 3.07. The first-order chi connectivity index (χ1) is 15.3. The summed E-state index contributed by atoms with van der Waals surface area (Å²) >= 11 is 0. The monoisotopic (exact) mass is 442 g/mol. The zero-order valence-corrected chi connectivity index (χ0v) is 17.8. The Kier molecular flexibility index (Phi) is 7.43. The van der Waals surface area contributed by atoms with Crippen molar-refractivity contribution in [3.63, 3.8) is 0 Å². The molecule has 0 fully saturated rings. The first-order valence-electron chi connectivity index (χ1n) is 10.1. The van der Waals surface area contributed by atoms with Gasteiger partial charge in [-0.2, -0.15) is 0 Å². The number of aliphatic hydroxyl groups is 1. The molecule has 0 amide bonds. The molecular formula is C25H24F2O5. The van der Waals surface area contributed by atoms with E-state index >= 15 is 0 Å². The van der Waals surface area contributed by atoms with E-state index in [0.717, 1.165) is 17.7 Å². The SMILES string of the molecule is CCOC(=O)C(C)(Oc1ccc(F)c(F)c1)C(O)c1ccc(OCc2ccccc2)cc1. The number of ether oxygens (including phenoxy) is 3. The van der Waals surface area contributed by atoms with Gasteiger partial charge >= 0.3 is 5.97 Å². The van der Waals surface area contributed by atoms with Crippen LogP contribution in [0.3, 0.4) is 0 Å². The van der Waals surface area contributed by atoms with Crippen LogP contribution in [-0.4, -0.2) is 23.3 Å². The van der Waals surface area contributed by atoms with Gasteiger partial charge in [-0.25, -0.2) is 13.6 Å². The minimum absolute atomic E-state index is 0.0501. The van der Waals surface area contributed by atoms with E-state index in [4.69, 9.17) is 14.2 Å². The Balaban J connectivity index is 1.79. The molecule has 0 aliphatic heterocycles. The van der Waals surface area contributed by atoms with Gasteiger partial charge in [-0.3, -0.25) is 0 Å². The first kappa shape index (κ1) is 23.2. The molecule has 32 heavy (non-hydrogen) atoms. The highest BCUT2D eigenvalue weighted by molar-refractivity contribution is 5.80.